The van der Waals surface area contributed by atoms with Crippen molar-refractivity contribution in [1.82, 2.24) is 63.8 Å². The summed E-state index contributed by atoms with van der Waals surface area (Å²) in [4.78, 5) is 184. The van der Waals surface area contributed by atoms with Gasteiger partial charge < -0.3 is 120 Å². The summed E-state index contributed by atoms with van der Waals surface area (Å²) in [6, 6.07) is 11.8. The maximum absolute atomic E-state index is 14.6. The normalized spacial score (nSPS) is 14.1. The zero-order valence-corrected chi connectivity index (χ0v) is 58.7. The number of aliphatic imine (C=N–C) groups is 2. The van der Waals surface area contributed by atoms with Crippen molar-refractivity contribution in [2.75, 3.05) is 52.4 Å². The number of guanidine groups is 2. The molecule has 30 N–H and O–H groups in total. The number of hydrogen-bond acceptors (Lipinski definition) is 20. The van der Waals surface area contributed by atoms with E-state index in [0.29, 0.717) is 36.9 Å². The van der Waals surface area contributed by atoms with E-state index >= 15 is 0 Å². The van der Waals surface area contributed by atoms with Crippen LogP contribution in [0.2, 0.25) is 0 Å². The molecular weight excluding hydrogens is 1350 g/mol. The second-order valence-corrected chi connectivity index (χ2v) is 24.5. The molecule has 3 rings (SSSR count). The fourth-order valence-electron chi connectivity index (χ4n) is 10.3. The number of amides is 13. The van der Waals surface area contributed by atoms with Crippen LogP contribution in [0.5, 0.6) is 0 Å². The van der Waals surface area contributed by atoms with Crippen LogP contribution in [0, 0.1) is 0 Å². The first-order valence-electron chi connectivity index (χ1n) is 34.0. The Balaban J connectivity index is 1.76. The summed E-state index contributed by atoms with van der Waals surface area (Å²) in [7, 11) is 0. The Labute approximate surface area is 602 Å². The third-order valence-electron chi connectivity index (χ3n) is 15.9. The van der Waals surface area contributed by atoms with Gasteiger partial charge in [0.2, 0.25) is 76.8 Å². The number of primary amides is 1. The predicted molar refractivity (Wildman–Crippen MR) is 384 cm³/mol. The van der Waals surface area contributed by atoms with E-state index in [9.17, 15) is 72.5 Å². The molecule has 0 aromatic heterocycles. The minimum Gasteiger partial charge on any atom is -0.394 e. The zero-order chi connectivity index (χ0) is 77.3. The standard InChI is InChI=1S/C67H104N22O15/c1-38(81-51(93)36-80-64(103)54(40(3)91)89-65(104)55(53(42-21-9-5-10-22-42)43-23-11-6-12-24-43)88-52(94)35-78-50(92)34-79-59(98)44(70)33-41-19-7-4-8-20-41)57(96)84-48(28-18-32-77-67(74)75)61(100)86-46(26-14-16-30-69)62(101)87-49(37-90)63(102)82-39(2)58(97)85-47(27-17-31-76-66(72)73)60(99)83-45(56(71)95)25-13-15-29-68/h4-12,19-24,38-40,44-49,53-55,90-91H,13-18,25-37,68-70H2,1-3H3,(H2,71,95)(H,78,92)(H,79,98)(H,80,103)(H,81,93)(H,82,102)(H,83,99)(H,84,96)(H,85,97)(H,86,100)(H,87,101)(H,88,94)(H,89,104)(H4,72,73,76)(H4,74,75,77)/t38-,39-,40+,44-,45-,46-,47-,48-,49-,54-,55-/m0/s1. The summed E-state index contributed by atoms with van der Waals surface area (Å²) in [6.45, 7) is 1.13. The minimum atomic E-state index is -1.78. The van der Waals surface area contributed by atoms with Crippen LogP contribution in [-0.2, 0) is 68.7 Å². The van der Waals surface area contributed by atoms with Crippen LogP contribution in [0.1, 0.15) is 108 Å². The molecule has 13 amide bonds. The molecule has 37 nitrogen and oxygen atoms in total. The van der Waals surface area contributed by atoms with Crippen LogP contribution in [0.15, 0.2) is 101 Å². The van der Waals surface area contributed by atoms with Crippen LogP contribution in [-0.4, -0.2) is 218 Å². The van der Waals surface area contributed by atoms with Crippen molar-refractivity contribution in [3.05, 3.63) is 108 Å². The third kappa shape index (κ3) is 32.8. The lowest BCUT2D eigenvalue weighted by Gasteiger charge is -2.30. The van der Waals surface area contributed by atoms with Crippen LogP contribution in [0.4, 0.5) is 0 Å². The van der Waals surface area contributed by atoms with Gasteiger partial charge in [0.25, 0.3) is 0 Å². The van der Waals surface area contributed by atoms with E-state index in [2.05, 4.69) is 73.8 Å². The molecule has 0 saturated heterocycles. The summed E-state index contributed by atoms with van der Waals surface area (Å²) in [5.74, 6) is -13.2. The van der Waals surface area contributed by atoms with Crippen molar-refractivity contribution in [2.24, 2.45) is 55.9 Å². The number of carbonyl (C=O) groups is 13. The maximum atomic E-state index is 14.6. The van der Waals surface area contributed by atoms with E-state index in [1.54, 1.807) is 84.9 Å². The van der Waals surface area contributed by atoms with E-state index in [0.717, 1.165) is 5.56 Å². The predicted octanol–water partition coefficient (Wildman–Crippen LogP) is -7.64. The van der Waals surface area contributed by atoms with E-state index in [1.165, 1.54) is 20.8 Å². The molecule has 0 bridgehead atoms. The Hall–Kier alpha value is -10.9. The molecular formula is C67H104N22O15. The highest BCUT2D eigenvalue weighted by Crippen LogP contribution is 2.29. The first kappa shape index (κ1) is 87.3. The Morgan fingerprint density at radius 2 is 0.798 bits per heavy atom. The topological polar surface area (TPSA) is 640 Å². The maximum Gasteiger partial charge on any atom is 0.245 e. The van der Waals surface area contributed by atoms with Crippen LogP contribution < -0.4 is 110 Å². The molecule has 11 atom stereocenters. The van der Waals surface area contributed by atoms with Crippen molar-refractivity contribution in [2.45, 2.75) is 164 Å². The average Bonchev–Trinajstić information content (AvgIpc) is 0.794. The third-order valence-corrected chi connectivity index (χ3v) is 15.9. The summed E-state index contributed by atoms with van der Waals surface area (Å²) in [5.41, 5.74) is 46.6. The monoisotopic (exact) mass is 1460 g/mol. The van der Waals surface area contributed by atoms with Gasteiger partial charge in [-0.1, -0.05) is 91.0 Å². The van der Waals surface area contributed by atoms with Gasteiger partial charge in [-0.05, 0) is 121 Å². The molecule has 104 heavy (non-hydrogen) atoms. The molecule has 0 aliphatic carbocycles. The quantitative estimate of drug-likeness (QED) is 0.0142. The first-order valence-corrected chi connectivity index (χ1v) is 34.0. The SMILES string of the molecule is C[C@H](NC(=O)CNC(=O)[C@@H](NC(=O)[C@@H](NC(=O)CNC(=O)CNC(=O)[C@@H](N)Cc1ccccc1)C(c1ccccc1)c1ccccc1)[C@@H](C)O)C(=O)N[C@@H](CCCN=C(N)N)C(=O)N[C@@H](CCCCN)C(=O)N[C@@H](CO)C(=O)N[C@@H](C)C(=O)N[C@@H](CCCN=C(N)N)C(=O)N[C@@H](CCCCN)C(N)=O. The van der Waals surface area contributed by atoms with E-state index in [4.69, 9.17) is 45.9 Å². The Morgan fingerprint density at radius 1 is 0.404 bits per heavy atom. The zero-order valence-electron chi connectivity index (χ0n) is 58.7. The highest BCUT2D eigenvalue weighted by molar-refractivity contribution is 5.99. The second kappa shape index (κ2) is 47.3. The van der Waals surface area contributed by atoms with Crippen molar-refractivity contribution in [3.8, 4) is 0 Å². The van der Waals surface area contributed by atoms with Crippen molar-refractivity contribution in [3.63, 3.8) is 0 Å². The van der Waals surface area contributed by atoms with Crippen LogP contribution in [0.25, 0.3) is 0 Å². The summed E-state index contributed by atoms with van der Waals surface area (Å²) in [5, 5.41) is 50.9. The molecule has 572 valence electrons. The fraction of sp³-hybridized carbons (Fsp3) is 0.507. The molecule has 0 heterocycles. The Kier molecular flexibility index (Phi) is 39.7. The smallest absolute Gasteiger partial charge is 0.245 e. The average molecular weight is 1460 g/mol. The van der Waals surface area contributed by atoms with Crippen molar-refractivity contribution in [1.29, 1.82) is 0 Å². The van der Waals surface area contributed by atoms with Crippen molar-refractivity contribution < 1.29 is 72.5 Å². The second-order valence-electron chi connectivity index (χ2n) is 24.5. The molecule has 37 heteroatoms. The molecule has 0 radical (unpaired) electrons. The number of nitrogens with one attached hydrogen (secondary N) is 12. The highest BCUT2D eigenvalue weighted by Gasteiger charge is 2.38. The van der Waals surface area contributed by atoms with Crippen LogP contribution in [0.3, 0.4) is 0 Å². The van der Waals surface area contributed by atoms with Gasteiger partial charge in [0.05, 0.1) is 38.4 Å². The van der Waals surface area contributed by atoms with E-state index in [-0.39, 0.29) is 82.9 Å². The minimum absolute atomic E-state index is 0.0313. The Morgan fingerprint density at radius 3 is 1.26 bits per heavy atom. The van der Waals surface area contributed by atoms with Gasteiger partial charge in [-0.25, -0.2) is 0 Å². The number of benzene rings is 3. The summed E-state index contributed by atoms with van der Waals surface area (Å²) < 4.78 is 0. The number of aliphatic hydroxyl groups is 2. The number of aliphatic hydroxyl groups excluding tert-OH is 2. The van der Waals surface area contributed by atoms with Gasteiger partial charge in [0.1, 0.15) is 54.4 Å². The Bertz CT molecular complexity index is 3310. The fourth-order valence-corrected chi connectivity index (χ4v) is 10.3. The number of carbonyl (C=O) groups excluding carboxylic acids is 13. The van der Waals surface area contributed by atoms with Gasteiger partial charge in [-0.3, -0.25) is 72.3 Å². The number of nitrogens with zero attached hydrogens (tertiary/aromatic N) is 2. The van der Waals surface area contributed by atoms with Gasteiger partial charge in [-0.15, -0.1) is 0 Å². The molecule has 0 aliphatic heterocycles. The highest BCUT2D eigenvalue weighted by atomic mass is 16.3. The van der Waals surface area contributed by atoms with E-state index < -0.39 is 175 Å². The number of rotatable bonds is 48. The van der Waals surface area contributed by atoms with Crippen LogP contribution >= 0.6 is 0 Å². The molecule has 0 saturated carbocycles. The molecule has 0 spiro atoms. The summed E-state index contributed by atoms with van der Waals surface area (Å²) in [6.07, 6.45) is 0.268. The molecule has 3 aromatic carbocycles. The first-order chi connectivity index (χ1) is 49.5. The molecule has 0 unspecified atom stereocenters. The van der Waals surface area contributed by atoms with Gasteiger partial charge >= 0.3 is 0 Å². The van der Waals surface area contributed by atoms with Crippen molar-refractivity contribution >= 4 is 88.7 Å². The van der Waals surface area contributed by atoms with Gasteiger partial charge in [0.15, 0.2) is 11.9 Å². The lowest BCUT2D eigenvalue weighted by molar-refractivity contribution is -0.136. The van der Waals surface area contributed by atoms with E-state index in [1.807, 2.05) is 6.07 Å². The number of unbranched alkanes of at least 4 members (excludes halogenated alkanes) is 2. The number of nitrogens with two attached hydrogens (primary N) is 8. The molecule has 0 fully saturated rings. The largest absolute Gasteiger partial charge is 0.394 e. The molecule has 3 aromatic rings. The lowest BCUT2D eigenvalue weighted by Crippen LogP contribution is -2.60. The van der Waals surface area contributed by atoms with Gasteiger partial charge in [-0.2, -0.15) is 0 Å². The lowest BCUT2D eigenvalue weighted by atomic mass is 9.84. The molecule has 0 aliphatic rings. The summed E-state index contributed by atoms with van der Waals surface area (Å²) >= 11 is 0. The number of hydrogen-bond donors (Lipinski definition) is 22. The van der Waals surface area contributed by atoms with Gasteiger partial charge in [0, 0.05) is 19.0 Å².